The predicted molar refractivity (Wildman–Crippen MR) is 91.9 cm³/mol. The SMILES string of the molecule is O=C(OCC(=O)N(c1ccccc1)C1CCCCC1)c1ccc[nH]1. The van der Waals surface area contributed by atoms with Gasteiger partial charge in [0.05, 0.1) is 0 Å². The number of nitrogens with zero attached hydrogens (tertiary/aromatic N) is 1. The number of amides is 1. The van der Waals surface area contributed by atoms with Crippen LogP contribution in [0.25, 0.3) is 0 Å². The van der Waals surface area contributed by atoms with E-state index < -0.39 is 5.97 Å². The van der Waals surface area contributed by atoms with Gasteiger partial charge in [-0.3, -0.25) is 4.79 Å². The molecule has 1 aromatic carbocycles. The molecule has 0 saturated heterocycles. The van der Waals surface area contributed by atoms with E-state index in [1.807, 2.05) is 30.3 Å². The molecule has 0 unspecified atom stereocenters. The smallest absolute Gasteiger partial charge is 0.355 e. The maximum Gasteiger partial charge on any atom is 0.355 e. The summed E-state index contributed by atoms with van der Waals surface area (Å²) in [4.78, 5) is 29.3. The molecule has 0 aliphatic heterocycles. The molecule has 126 valence electrons. The van der Waals surface area contributed by atoms with Gasteiger partial charge < -0.3 is 14.6 Å². The lowest BCUT2D eigenvalue weighted by Crippen LogP contribution is -2.43. The molecule has 24 heavy (non-hydrogen) atoms. The second-order valence-corrected chi connectivity index (χ2v) is 6.05. The quantitative estimate of drug-likeness (QED) is 0.855. The average Bonchev–Trinajstić information content (AvgIpc) is 3.16. The number of H-pyrrole nitrogens is 1. The Morgan fingerprint density at radius 3 is 2.46 bits per heavy atom. The summed E-state index contributed by atoms with van der Waals surface area (Å²) in [6.45, 7) is -0.247. The number of anilines is 1. The molecule has 0 spiro atoms. The molecule has 1 amide bonds. The maximum atomic E-state index is 12.8. The van der Waals surface area contributed by atoms with E-state index in [0.717, 1.165) is 31.4 Å². The monoisotopic (exact) mass is 326 g/mol. The lowest BCUT2D eigenvalue weighted by Gasteiger charge is -2.34. The minimum absolute atomic E-state index is 0.173. The summed E-state index contributed by atoms with van der Waals surface area (Å²) in [6, 6.07) is 13.2. The number of carbonyl (C=O) groups excluding carboxylic acids is 2. The Balaban J connectivity index is 1.70. The standard InChI is InChI=1S/C19H22N2O3/c22-18(14-24-19(23)17-12-7-13-20-17)21(15-8-3-1-4-9-15)16-10-5-2-6-11-16/h1,3-4,7-9,12-13,16,20H,2,5-6,10-11,14H2. The van der Waals surface area contributed by atoms with Gasteiger partial charge in [0.15, 0.2) is 6.61 Å². The van der Waals surface area contributed by atoms with Crippen LogP contribution < -0.4 is 4.90 Å². The Morgan fingerprint density at radius 1 is 1.04 bits per heavy atom. The van der Waals surface area contributed by atoms with Crippen LogP contribution >= 0.6 is 0 Å². The molecule has 5 heteroatoms. The van der Waals surface area contributed by atoms with E-state index in [0.29, 0.717) is 5.69 Å². The Hall–Kier alpha value is -2.56. The van der Waals surface area contributed by atoms with Crippen LogP contribution in [-0.2, 0) is 9.53 Å². The highest BCUT2D eigenvalue weighted by Crippen LogP contribution is 2.27. The van der Waals surface area contributed by atoms with Crippen molar-refractivity contribution in [3.05, 3.63) is 54.4 Å². The molecule has 1 N–H and O–H groups in total. The minimum Gasteiger partial charge on any atom is -0.451 e. The number of para-hydroxylation sites is 1. The molecule has 1 fully saturated rings. The summed E-state index contributed by atoms with van der Waals surface area (Å²) in [5.74, 6) is -0.682. The van der Waals surface area contributed by atoms with E-state index in [1.54, 1.807) is 23.2 Å². The average molecular weight is 326 g/mol. The molecule has 0 radical (unpaired) electrons. The molecule has 3 rings (SSSR count). The van der Waals surface area contributed by atoms with Gasteiger partial charge in [0.25, 0.3) is 5.91 Å². The van der Waals surface area contributed by atoms with Crippen LogP contribution in [0.2, 0.25) is 0 Å². The lowest BCUT2D eigenvalue weighted by atomic mass is 9.93. The zero-order valence-electron chi connectivity index (χ0n) is 13.6. The second kappa shape index (κ2) is 7.81. The Labute approximate surface area is 141 Å². The fourth-order valence-electron chi connectivity index (χ4n) is 3.22. The molecule has 2 aromatic rings. The van der Waals surface area contributed by atoms with Crippen molar-refractivity contribution in [1.82, 2.24) is 4.98 Å². The van der Waals surface area contributed by atoms with Crippen molar-refractivity contribution < 1.29 is 14.3 Å². The van der Waals surface area contributed by atoms with Crippen molar-refractivity contribution in [3.8, 4) is 0 Å². The molecule has 1 aromatic heterocycles. The Kier molecular flexibility index (Phi) is 5.31. The summed E-state index contributed by atoms with van der Waals surface area (Å²) < 4.78 is 5.18. The third kappa shape index (κ3) is 3.85. The molecule has 1 saturated carbocycles. The number of carbonyl (C=O) groups is 2. The minimum atomic E-state index is -0.509. The summed E-state index contributed by atoms with van der Waals surface area (Å²) in [5.41, 5.74) is 1.22. The first kappa shape index (κ1) is 16.3. The zero-order chi connectivity index (χ0) is 16.8. The number of hydrogen-bond acceptors (Lipinski definition) is 3. The first-order chi connectivity index (χ1) is 11.8. The van der Waals surface area contributed by atoms with E-state index in [2.05, 4.69) is 4.98 Å². The Morgan fingerprint density at radius 2 is 1.79 bits per heavy atom. The van der Waals surface area contributed by atoms with Crippen molar-refractivity contribution in [2.75, 3.05) is 11.5 Å². The number of aromatic amines is 1. The van der Waals surface area contributed by atoms with Gasteiger partial charge in [-0.15, -0.1) is 0 Å². The van der Waals surface area contributed by atoms with Crippen molar-refractivity contribution in [2.24, 2.45) is 0 Å². The van der Waals surface area contributed by atoms with Crippen LogP contribution in [0.5, 0.6) is 0 Å². The number of nitrogens with one attached hydrogen (secondary N) is 1. The fraction of sp³-hybridized carbons (Fsp3) is 0.368. The number of rotatable bonds is 5. The maximum absolute atomic E-state index is 12.8. The van der Waals surface area contributed by atoms with Gasteiger partial charge in [0.1, 0.15) is 5.69 Å². The fourth-order valence-corrected chi connectivity index (χ4v) is 3.22. The number of aromatic nitrogens is 1. The normalized spacial score (nSPS) is 15.0. The summed E-state index contributed by atoms with van der Waals surface area (Å²) in [6.07, 6.45) is 7.11. The summed E-state index contributed by atoms with van der Waals surface area (Å²) in [5, 5.41) is 0. The number of ether oxygens (including phenoxy) is 1. The molecule has 0 bridgehead atoms. The van der Waals surface area contributed by atoms with Crippen molar-refractivity contribution in [3.63, 3.8) is 0 Å². The van der Waals surface area contributed by atoms with Gasteiger partial charge in [-0.2, -0.15) is 0 Å². The molecule has 1 heterocycles. The topological polar surface area (TPSA) is 62.4 Å². The highest BCUT2D eigenvalue weighted by Gasteiger charge is 2.27. The highest BCUT2D eigenvalue weighted by atomic mass is 16.5. The molecule has 1 aliphatic carbocycles. The van der Waals surface area contributed by atoms with E-state index >= 15 is 0 Å². The Bertz CT molecular complexity index is 661. The zero-order valence-corrected chi connectivity index (χ0v) is 13.6. The van der Waals surface area contributed by atoms with Gasteiger partial charge in [0.2, 0.25) is 0 Å². The highest BCUT2D eigenvalue weighted by molar-refractivity contribution is 5.97. The van der Waals surface area contributed by atoms with E-state index in [1.165, 1.54) is 6.42 Å². The van der Waals surface area contributed by atoms with Crippen molar-refractivity contribution in [2.45, 2.75) is 38.1 Å². The third-order valence-electron chi connectivity index (χ3n) is 4.39. The number of benzene rings is 1. The van der Waals surface area contributed by atoms with E-state index in [-0.39, 0.29) is 18.6 Å². The predicted octanol–water partition coefficient (Wildman–Crippen LogP) is 3.54. The van der Waals surface area contributed by atoms with E-state index in [9.17, 15) is 9.59 Å². The molecule has 5 nitrogen and oxygen atoms in total. The summed E-state index contributed by atoms with van der Waals surface area (Å²) in [7, 11) is 0. The molecular weight excluding hydrogens is 304 g/mol. The van der Waals surface area contributed by atoms with Crippen molar-refractivity contribution in [1.29, 1.82) is 0 Å². The first-order valence-corrected chi connectivity index (χ1v) is 8.43. The van der Waals surface area contributed by atoms with Gasteiger partial charge in [0, 0.05) is 17.9 Å². The van der Waals surface area contributed by atoms with Gasteiger partial charge in [-0.05, 0) is 37.1 Å². The van der Waals surface area contributed by atoms with Crippen LogP contribution in [0.1, 0.15) is 42.6 Å². The van der Waals surface area contributed by atoms with Crippen LogP contribution in [0, 0.1) is 0 Å². The van der Waals surface area contributed by atoms with Gasteiger partial charge in [-0.1, -0.05) is 37.5 Å². The van der Waals surface area contributed by atoms with Crippen molar-refractivity contribution >= 4 is 17.6 Å². The van der Waals surface area contributed by atoms with Crippen LogP contribution in [0.4, 0.5) is 5.69 Å². The van der Waals surface area contributed by atoms with Gasteiger partial charge in [-0.25, -0.2) is 4.79 Å². The van der Waals surface area contributed by atoms with E-state index in [4.69, 9.17) is 4.74 Å². The van der Waals surface area contributed by atoms with Crippen LogP contribution in [0.15, 0.2) is 48.7 Å². The largest absolute Gasteiger partial charge is 0.451 e. The van der Waals surface area contributed by atoms with Crippen LogP contribution in [0.3, 0.4) is 0 Å². The van der Waals surface area contributed by atoms with Crippen LogP contribution in [-0.4, -0.2) is 29.5 Å². The molecular formula is C19H22N2O3. The second-order valence-electron chi connectivity index (χ2n) is 6.05. The molecule has 1 aliphatic rings. The number of hydrogen-bond donors (Lipinski definition) is 1. The first-order valence-electron chi connectivity index (χ1n) is 8.43. The van der Waals surface area contributed by atoms with Gasteiger partial charge >= 0.3 is 5.97 Å². The lowest BCUT2D eigenvalue weighted by molar-refractivity contribution is -0.122. The summed E-state index contributed by atoms with van der Waals surface area (Å²) >= 11 is 0. The third-order valence-corrected chi connectivity index (χ3v) is 4.39. The number of esters is 1. The molecule has 0 atom stereocenters.